The SMILES string of the molecule is CN(C(=O)CSc1n[nH]c(-c2ccc(Br)cc2)n1)[C@@H]1CCS(=O)(=O)C1. The zero-order valence-corrected chi connectivity index (χ0v) is 16.7. The van der Waals surface area contributed by atoms with Crippen molar-refractivity contribution in [1.82, 2.24) is 20.1 Å². The van der Waals surface area contributed by atoms with Crippen molar-refractivity contribution in [1.29, 1.82) is 0 Å². The molecule has 1 amide bonds. The van der Waals surface area contributed by atoms with E-state index in [-0.39, 0.29) is 29.2 Å². The number of nitrogens with one attached hydrogen (secondary N) is 1. The zero-order chi connectivity index (χ0) is 18.0. The Balaban J connectivity index is 1.57. The molecule has 0 unspecified atom stereocenters. The van der Waals surface area contributed by atoms with Crippen molar-refractivity contribution >= 4 is 43.4 Å². The van der Waals surface area contributed by atoms with E-state index in [9.17, 15) is 13.2 Å². The first-order valence-corrected chi connectivity index (χ1v) is 11.2. The molecular weight excluding hydrogens is 428 g/mol. The van der Waals surface area contributed by atoms with Crippen molar-refractivity contribution in [3.8, 4) is 11.4 Å². The zero-order valence-electron chi connectivity index (χ0n) is 13.5. The number of halogens is 1. The van der Waals surface area contributed by atoms with E-state index in [1.807, 2.05) is 24.3 Å². The monoisotopic (exact) mass is 444 g/mol. The molecule has 0 saturated carbocycles. The third-order valence-electron chi connectivity index (χ3n) is 4.06. The minimum atomic E-state index is -3.01. The van der Waals surface area contributed by atoms with E-state index in [1.165, 1.54) is 16.7 Å². The highest BCUT2D eigenvalue weighted by Gasteiger charge is 2.32. The summed E-state index contributed by atoms with van der Waals surface area (Å²) < 4.78 is 24.1. The van der Waals surface area contributed by atoms with Gasteiger partial charge in [-0.15, -0.1) is 5.10 Å². The fraction of sp³-hybridized carbons (Fsp3) is 0.400. The molecule has 0 radical (unpaired) electrons. The van der Waals surface area contributed by atoms with Crippen molar-refractivity contribution in [3.05, 3.63) is 28.7 Å². The van der Waals surface area contributed by atoms with Crippen molar-refractivity contribution in [2.75, 3.05) is 24.3 Å². The second-order valence-corrected chi connectivity index (χ2v) is 9.91. The molecule has 1 saturated heterocycles. The highest BCUT2D eigenvalue weighted by Crippen LogP contribution is 2.22. The lowest BCUT2D eigenvalue weighted by Crippen LogP contribution is -2.38. The summed E-state index contributed by atoms with van der Waals surface area (Å²) in [6.07, 6.45) is 0.504. The number of carbonyl (C=O) groups excluding carboxylic acids is 1. The molecule has 1 atom stereocenters. The predicted octanol–water partition coefficient (Wildman–Crippen LogP) is 1.97. The lowest BCUT2D eigenvalue weighted by molar-refractivity contribution is -0.128. The summed E-state index contributed by atoms with van der Waals surface area (Å²) in [5, 5.41) is 7.46. The summed E-state index contributed by atoms with van der Waals surface area (Å²) in [6, 6.07) is 7.43. The summed E-state index contributed by atoms with van der Waals surface area (Å²) in [4.78, 5) is 18.2. The predicted molar refractivity (Wildman–Crippen MR) is 100 cm³/mol. The Morgan fingerprint density at radius 1 is 1.40 bits per heavy atom. The van der Waals surface area contributed by atoms with Crippen molar-refractivity contribution < 1.29 is 13.2 Å². The maximum absolute atomic E-state index is 12.3. The number of rotatable bonds is 5. The topological polar surface area (TPSA) is 96.0 Å². The van der Waals surface area contributed by atoms with E-state index >= 15 is 0 Å². The van der Waals surface area contributed by atoms with Crippen LogP contribution in [-0.4, -0.2) is 64.8 Å². The van der Waals surface area contributed by atoms with Crippen LogP contribution in [-0.2, 0) is 14.6 Å². The summed E-state index contributed by atoms with van der Waals surface area (Å²) in [5.74, 6) is 0.888. The molecule has 1 aromatic heterocycles. The maximum Gasteiger partial charge on any atom is 0.233 e. The fourth-order valence-corrected chi connectivity index (χ4v) is 5.32. The normalized spacial score (nSPS) is 19.0. The van der Waals surface area contributed by atoms with Gasteiger partial charge in [0.05, 0.1) is 17.3 Å². The molecule has 0 aliphatic carbocycles. The van der Waals surface area contributed by atoms with Gasteiger partial charge in [0.2, 0.25) is 11.1 Å². The largest absolute Gasteiger partial charge is 0.341 e. The number of hydrogen-bond acceptors (Lipinski definition) is 6. The van der Waals surface area contributed by atoms with E-state index < -0.39 is 9.84 Å². The molecule has 2 aromatic rings. The van der Waals surface area contributed by atoms with Gasteiger partial charge >= 0.3 is 0 Å². The minimum absolute atomic E-state index is 0.0499. The van der Waals surface area contributed by atoms with E-state index in [4.69, 9.17) is 0 Å². The summed E-state index contributed by atoms with van der Waals surface area (Å²) in [6.45, 7) is 0. The van der Waals surface area contributed by atoms with Crippen LogP contribution in [0.15, 0.2) is 33.9 Å². The quantitative estimate of drug-likeness (QED) is 0.708. The molecular formula is C15H17BrN4O3S2. The molecule has 25 heavy (non-hydrogen) atoms. The van der Waals surface area contributed by atoms with Crippen LogP contribution in [0.4, 0.5) is 0 Å². The number of carbonyl (C=O) groups is 1. The Hall–Kier alpha value is -1.39. The summed E-state index contributed by atoms with van der Waals surface area (Å²) in [7, 11) is -1.35. The van der Waals surface area contributed by atoms with Gasteiger partial charge in [0.25, 0.3) is 0 Å². The van der Waals surface area contributed by atoms with Crippen LogP contribution < -0.4 is 0 Å². The first kappa shape index (κ1) is 18.4. The first-order chi connectivity index (χ1) is 11.8. The molecule has 0 spiro atoms. The number of benzene rings is 1. The number of hydrogen-bond donors (Lipinski definition) is 1. The van der Waals surface area contributed by atoms with Crippen LogP contribution >= 0.6 is 27.7 Å². The van der Waals surface area contributed by atoms with E-state index in [0.717, 1.165) is 10.0 Å². The highest BCUT2D eigenvalue weighted by atomic mass is 79.9. The van der Waals surface area contributed by atoms with Gasteiger partial charge in [-0.3, -0.25) is 9.89 Å². The van der Waals surface area contributed by atoms with Crippen molar-refractivity contribution in [3.63, 3.8) is 0 Å². The van der Waals surface area contributed by atoms with Crippen LogP contribution in [0, 0.1) is 0 Å². The van der Waals surface area contributed by atoms with Gasteiger partial charge in [0, 0.05) is 23.1 Å². The van der Waals surface area contributed by atoms with Crippen molar-refractivity contribution in [2.24, 2.45) is 0 Å². The Bertz CT molecular complexity index is 867. The molecule has 7 nitrogen and oxygen atoms in total. The van der Waals surface area contributed by atoms with Crippen LogP contribution in [0.5, 0.6) is 0 Å². The summed E-state index contributed by atoms with van der Waals surface area (Å²) >= 11 is 4.61. The van der Waals surface area contributed by atoms with E-state index in [2.05, 4.69) is 31.1 Å². The minimum Gasteiger partial charge on any atom is -0.341 e. The fourth-order valence-electron chi connectivity index (χ4n) is 2.56. The molecule has 1 fully saturated rings. The van der Waals surface area contributed by atoms with E-state index in [0.29, 0.717) is 17.4 Å². The summed E-state index contributed by atoms with van der Waals surface area (Å²) in [5.41, 5.74) is 0.905. The molecule has 2 heterocycles. The Labute approximate surface area is 158 Å². The second kappa shape index (κ2) is 7.46. The molecule has 10 heteroatoms. The third kappa shape index (κ3) is 4.62. The van der Waals surface area contributed by atoms with Crippen LogP contribution in [0.25, 0.3) is 11.4 Å². The van der Waals surface area contributed by atoms with Gasteiger partial charge in [-0.05, 0) is 18.6 Å². The highest BCUT2D eigenvalue weighted by molar-refractivity contribution is 9.10. The molecule has 1 N–H and O–H groups in total. The standard InChI is InChI=1S/C15H17BrN4O3S2/c1-20(12-6-7-25(22,23)9-12)13(21)8-24-15-17-14(18-19-15)10-2-4-11(16)5-3-10/h2-5,12H,6-9H2,1H3,(H,17,18,19)/t12-/m1/s1. The van der Waals surface area contributed by atoms with Gasteiger partial charge in [-0.2, -0.15) is 0 Å². The number of sulfone groups is 1. The number of aromatic nitrogens is 3. The molecule has 1 aromatic carbocycles. The van der Waals surface area contributed by atoms with Gasteiger partial charge in [-0.25, -0.2) is 13.4 Å². The van der Waals surface area contributed by atoms with Crippen LogP contribution in [0.1, 0.15) is 6.42 Å². The number of nitrogens with zero attached hydrogens (tertiary/aromatic N) is 3. The van der Waals surface area contributed by atoms with Gasteiger partial charge < -0.3 is 4.90 Å². The Morgan fingerprint density at radius 3 is 2.76 bits per heavy atom. The number of thioether (sulfide) groups is 1. The Morgan fingerprint density at radius 2 is 2.12 bits per heavy atom. The molecule has 1 aliphatic heterocycles. The number of aromatic amines is 1. The Kier molecular flexibility index (Phi) is 5.49. The van der Waals surface area contributed by atoms with Gasteiger partial charge in [0.1, 0.15) is 0 Å². The number of amides is 1. The number of H-pyrrole nitrogens is 1. The van der Waals surface area contributed by atoms with Gasteiger partial charge in [-0.1, -0.05) is 39.8 Å². The van der Waals surface area contributed by atoms with Crippen molar-refractivity contribution in [2.45, 2.75) is 17.6 Å². The maximum atomic E-state index is 12.3. The lowest BCUT2D eigenvalue weighted by atomic mass is 10.2. The first-order valence-electron chi connectivity index (χ1n) is 7.61. The van der Waals surface area contributed by atoms with Gasteiger partial charge in [0.15, 0.2) is 15.7 Å². The molecule has 1 aliphatic rings. The third-order valence-corrected chi connectivity index (χ3v) is 7.17. The average molecular weight is 445 g/mol. The molecule has 134 valence electrons. The average Bonchev–Trinajstić information content (AvgIpc) is 3.19. The van der Waals surface area contributed by atoms with Crippen LogP contribution in [0.3, 0.4) is 0 Å². The van der Waals surface area contributed by atoms with Crippen LogP contribution in [0.2, 0.25) is 0 Å². The second-order valence-electron chi connectivity index (χ2n) is 5.82. The smallest absolute Gasteiger partial charge is 0.233 e. The van der Waals surface area contributed by atoms with E-state index in [1.54, 1.807) is 7.05 Å². The lowest BCUT2D eigenvalue weighted by Gasteiger charge is -2.22. The molecule has 0 bridgehead atoms. The molecule has 3 rings (SSSR count).